The number of carbonyl (C=O) groups is 5. The first-order chi connectivity index (χ1) is 29.1. The van der Waals surface area contributed by atoms with Gasteiger partial charge in [-0.2, -0.15) is 0 Å². The van der Waals surface area contributed by atoms with Gasteiger partial charge in [-0.1, -0.05) is 126 Å². The average Bonchev–Trinajstić information content (AvgIpc) is 3.15. The normalized spacial score (nSPS) is 13.2. The van der Waals surface area contributed by atoms with Crippen LogP contribution in [0.25, 0.3) is 10.4 Å². The predicted molar refractivity (Wildman–Crippen MR) is 246 cm³/mol. The van der Waals surface area contributed by atoms with Crippen molar-refractivity contribution in [3.05, 3.63) is 40.3 Å². The Kier molecular flexibility index (Phi) is 26.8. The zero-order valence-corrected chi connectivity index (χ0v) is 40.0. The molecule has 0 heterocycles. The molecular formula is C48H82N6O8. The van der Waals surface area contributed by atoms with E-state index in [1.807, 2.05) is 12.1 Å². The molecule has 0 radical (unpaired) electrons. The molecule has 0 aliphatic carbocycles. The van der Waals surface area contributed by atoms with Gasteiger partial charge in [-0.3, -0.25) is 9.59 Å². The van der Waals surface area contributed by atoms with E-state index in [-0.39, 0.29) is 31.1 Å². The van der Waals surface area contributed by atoms with Crippen LogP contribution in [0.5, 0.6) is 0 Å². The first-order valence-corrected chi connectivity index (χ1v) is 23.3. The van der Waals surface area contributed by atoms with Crippen LogP contribution in [0.2, 0.25) is 0 Å². The minimum Gasteiger partial charge on any atom is -0.460 e. The molecule has 1 aromatic rings. The molecule has 0 aromatic heterocycles. The largest absolute Gasteiger partial charge is 0.460 e. The number of ether oxygens (including phenoxy) is 3. The number of esters is 3. The molecule has 0 saturated carbocycles. The Morgan fingerprint density at radius 3 is 1.48 bits per heavy atom. The van der Waals surface area contributed by atoms with Crippen LogP contribution >= 0.6 is 0 Å². The van der Waals surface area contributed by atoms with Crippen LogP contribution in [0.15, 0.2) is 29.4 Å². The van der Waals surface area contributed by atoms with Crippen molar-refractivity contribution < 1.29 is 38.2 Å². The van der Waals surface area contributed by atoms with Crippen LogP contribution < -0.4 is 16.0 Å². The number of nitrogens with zero attached hydrogens (tertiary/aromatic N) is 3. The van der Waals surface area contributed by atoms with Gasteiger partial charge in [0.1, 0.15) is 28.9 Å². The molecule has 3 N–H and O–H groups in total. The fourth-order valence-electron chi connectivity index (χ4n) is 6.88. The lowest BCUT2D eigenvalue weighted by molar-refractivity contribution is -0.159. The van der Waals surface area contributed by atoms with Gasteiger partial charge < -0.3 is 30.2 Å². The zero-order valence-electron chi connectivity index (χ0n) is 40.0. The van der Waals surface area contributed by atoms with Crippen LogP contribution in [0, 0.1) is 0 Å². The molecule has 14 heteroatoms. The van der Waals surface area contributed by atoms with E-state index in [1.165, 1.54) is 70.6 Å². The number of unbranched alkanes of at least 4 members (excludes halogenated alkanes) is 14. The number of hydrogen-bond donors (Lipinski definition) is 3. The second-order valence-electron chi connectivity index (χ2n) is 19.4. The number of carbonyl (C=O) groups excluding carboxylic acids is 5. The van der Waals surface area contributed by atoms with Gasteiger partial charge in [0.2, 0.25) is 5.91 Å². The van der Waals surface area contributed by atoms with Gasteiger partial charge in [0, 0.05) is 23.6 Å². The van der Waals surface area contributed by atoms with E-state index >= 15 is 0 Å². The van der Waals surface area contributed by atoms with E-state index in [1.54, 1.807) is 74.4 Å². The lowest BCUT2D eigenvalue weighted by atomic mass is 9.91. The van der Waals surface area contributed by atoms with Crippen molar-refractivity contribution in [1.29, 1.82) is 0 Å². The van der Waals surface area contributed by atoms with E-state index in [2.05, 4.69) is 32.9 Å². The van der Waals surface area contributed by atoms with Crippen LogP contribution in [0.4, 0.5) is 10.5 Å². The highest BCUT2D eigenvalue weighted by Gasteiger charge is 2.31. The molecule has 3 atom stereocenters. The monoisotopic (exact) mass is 871 g/mol. The molecule has 0 aliphatic rings. The lowest BCUT2D eigenvalue weighted by Crippen LogP contribution is -2.53. The van der Waals surface area contributed by atoms with Crippen molar-refractivity contribution in [1.82, 2.24) is 16.0 Å². The summed E-state index contributed by atoms with van der Waals surface area (Å²) in [5.41, 5.74) is 7.78. The standard InChI is InChI=1S/C48H82N6O8/c1-11-12-13-14-15-16-17-18-19-20-21-22-23-24-27-38(36-29-31-37(32-30-36)53-54-49)42(56)50-35-26-25-28-39(43(57)61-47(5,6)7)51-45(59)52-40(44(58)62-48(8,9)10)33-34-41(55)60-46(2,3)4/h29-32,38-40H,11-28,33-35H2,1-10H3,(H,50,56)(H2,51,52,59). The summed E-state index contributed by atoms with van der Waals surface area (Å²) in [6.45, 7) is 18.1. The molecule has 352 valence electrons. The number of azide groups is 1. The molecule has 0 bridgehead atoms. The van der Waals surface area contributed by atoms with Gasteiger partial charge in [0.05, 0.1) is 5.92 Å². The molecule has 1 rings (SSSR count). The van der Waals surface area contributed by atoms with Gasteiger partial charge in [-0.25, -0.2) is 14.4 Å². The zero-order chi connectivity index (χ0) is 46.6. The smallest absolute Gasteiger partial charge is 0.329 e. The topological polar surface area (TPSA) is 198 Å². The number of urea groups is 1. The second-order valence-corrected chi connectivity index (χ2v) is 19.4. The highest BCUT2D eigenvalue weighted by Crippen LogP contribution is 2.26. The third-order valence-corrected chi connectivity index (χ3v) is 9.89. The lowest BCUT2D eigenvalue weighted by Gasteiger charge is -2.27. The quantitative estimate of drug-likeness (QED) is 0.0169. The van der Waals surface area contributed by atoms with Crippen LogP contribution in [-0.4, -0.2) is 65.3 Å². The Bertz CT molecular complexity index is 1520. The van der Waals surface area contributed by atoms with Crippen molar-refractivity contribution in [3.63, 3.8) is 0 Å². The molecule has 62 heavy (non-hydrogen) atoms. The molecule has 3 unspecified atom stereocenters. The summed E-state index contributed by atoms with van der Waals surface area (Å²) in [5.74, 6) is -2.37. The Labute approximate surface area is 373 Å². The van der Waals surface area contributed by atoms with E-state index in [4.69, 9.17) is 19.7 Å². The van der Waals surface area contributed by atoms with Crippen molar-refractivity contribution in [2.24, 2.45) is 5.11 Å². The van der Waals surface area contributed by atoms with Gasteiger partial charge in [-0.15, -0.1) is 0 Å². The highest BCUT2D eigenvalue weighted by atomic mass is 16.6. The van der Waals surface area contributed by atoms with E-state index in [0.29, 0.717) is 31.5 Å². The Morgan fingerprint density at radius 2 is 1.03 bits per heavy atom. The van der Waals surface area contributed by atoms with Crippen molar-refractivity contribution in [3.8, 4) is 0 Å². The number of benzene rings is 1. The maximum absolute atomic E-state index is 13.6. The summed E-state index contributed by atoms with van der Waals surface area (Å²) in [7, 11) is 0. The molecular weight excluding hydrogens is 789 g/mol. The summed E-state index contributed by atoms with van der Waals surface area (Å²) < 4.78 is 16.5. The number of amides is 3. The maximum atomic E-state index is 13.6. The van der Waals surface area contributed by atoms with Crippen molar-refractivity contribution in [2.75, 3.05) is 6.54 Å². The summed E-state index contributed by atoms with van der Waals surface area (Å²) in [6, 6.07) is 4.07. The summed E-state index contributed by atoms with van der Waals surface area (Å²) in [6.07, 6.45) is 19.2. The van der Waals surface area contributed by atoms with Crippen molar-refractivity contribution in [2.45, 2.75) is 232 Å². The fraction of sp³-hybridized carbons (Fsp3) is 0.771. The first kappa shape index (κ1) is 55.7. The minimum atomic E-state index is -1.19. The highest BCUT2D eigenvalue weighted by molar-refractivity contribution is 5.87. The van der Waals surface area contributed by atoms with Crippen molar-refractivity contribution >= 4 is 35.5 Å². The van der Waals surface area contributed by atoms with E-state index in [0.717, 1.165) is 24.8 Å². The Hall–Kier alpha value is -4.32. The van der Waals surface area contributed by atoms with E-state index < -0.39 is 52.8 Å². The number of nitrogens with one attached hydrogen (secondary N) is 3. The van der Waals surface area contributed by atoms with Crippen LogP contribution in [0.1, 0.15) is 209 Å². The molecule has 0 fully saturated rings. The third-order valence-electron chi connectivity index (χ3n) is 9.89. The molecule has 0 spiro atoms. The van der Waals surface area contributed by atoms with Gasteiger partial charge in [-0.05, 0) is 106 Å². The van der Waals surface area contributed by atoms with Gasteiger partial charge >= 0.3 is 23.9 Å². The summed E-state index contributed by atoms with van der Waals surface area (Å²) in [5, 5.41) is 12.0. The minimum absolute atomic E-state index is 0.0770. The van der Waals surface area contributed by atoms with Gasteiger partial charge in [0.15, 0.2) is 0 Å². The maximum Gasteiger partial charge on any atom is 0.329 e. The molecule has 1 aromatic carbocycles. The van der Waals surface area contributed by atoms with Crippen LogP contribution in [-0.2, 0) is 33.4 Å². The van der Waals surface area contributed by atoms with Gasteiger partial charge in [0.25, 0.3) is 0 Å². The van der Waals surface area contributed by atoms with Crippen LogP contribution in [0.3, 0.4) is 0 Å². The molecule has 3 amide bonds. The second kappa shape index (κ2) is 29.9. The number of rotatable bonds is 30. The third kappa shape index (κ3) is 28.3. The molecule has 0 aliphatic heterocycles. The Balaban J connectivity index is 2.83. The first-order valence-electron chi connectivity index (χ1n) is 23.3. The SMILES string of the molecule is CCCCCCCCCCCCCCCCC(C(=O)NCCCCC(NC(=O)NC(CCC(=O)OC(C)(C)C)C(=O)OC(C)(C)C)C(=O)OC(C)(C)C)c1ccc(N=[N+]=[N-])cc1. The summed E-state index contributed by atoms with van der Waals surface area (Å²) in [4.78, 5) is 68.7. The Morgan fingerprint density at radius 1 is 0.597 bits per heavy atom. The molecule has 0 saturated heterocycles. The predicted octanol–water partition coefficient (Wildman–Crippen LogP) is 11.7. The molecule has 14 nitrogen and oxygen atoms in total. The summed E-state index contributed by atoms with van der Waals surface area (Å²) >= 11 is 0. The average molecular weight is 871 g/mol. The fourth-order valence-corrected chi connectivity index (χ4v) is 6.88. The van der Waals surface area contributed by atoms with E-state index in [9.17, 15) is 24.0 Å². The number of hydrogen-bond acceptors (Lipinski definition) is 9.